The molecular formula is C13H17N3O. The van der Waals surface area contributed by atoms with Gasteiger partial charge in [-0.2, -0.15) is 0 Å². The van der Waals surface area contributed by atoms with Gasteiger partial charge in [0.25, 0.3) is 0 Å². The molecule has 0 amide bonds. The molecule has 4 heteroatoms. The van der Waals surface area contributed by atoms with E-state index in [0.29, 0.717) is 5.56 Å². The van der Waals surface area contributed by atoms with Crippen molar-refractivity contribution in [3.05, 3.63) is 29.7 Å². The zero-order valence-corrected chi connectivity index (χ0v) is 10.6. The van der Waals surface area contributed by atoms with Gasteiger partial charge in [-0.1, -0.05) is 27.7 Å². The highest BCUT2D eigenvalue weighted by Gasteiger charge is 2.14. The van der Waals surface area contributed by atoms with Gasteiger partial charge in [0.1, 0.15) is 5.82 Å². The number of Topliss-reactive ketones (excluding diaryl/α,β-unsaturated/α-hetero) is 1. The van der Waals surface area contributed by atoms with E-state index >= 15 is 0 Å². The monoisotopic (exact) mass is 231 g/mol. The average molecular weight is 231 g/mol. The van der Waals surface area contributed by atoms with E-state index in [2.05, 4.69) is 24.0 Å². The van der Waals surface area contributed by atoms with Crippen LogP contribution in [0.1, 0.15) is 49.8 Å². The minimum absolute atomic E-state index is 0.00595. The second-order valence-corrected chi connectivity index (χ2v) is 4.88. The number of hydrogen-bond donors (Lipinski definition) is 0. The van der Waals surface area contributed by atoms with Crippen LogP contribution in [0, 0.1) is 5.92 Å². The molecule has 0 aliphatic heterocycles. The highest BCUT2D eigenvalue weighted by molar-refractivity contribution is 5.97. The van der Waals surface area contributed by atoms with Crippen molar-refractivity contribution < 1.29 is 4.79 Å². The fourth-order valence-corrected chi connectivity index (χ4v) is 1.78. The van der Waals surface area contributed by atoms with E-state index in [9.17, 15) is 4.79 Å². The average Bonchev–Trinajstić information content (AvgIpc) is 2.70. The van der Waals surface area contributed by atoms with E-state index in [1.165, 1.54) is 0 Å². The fraction of sp³-hybridized carbons (Fsp3) is 0.462. The van der Waals surface area contributed by atoms with Crippen LogP contribution in [0.15, 0.2) is 18.3 Å². The maximum Gasteiger partial charge on any atom is 0.166 e. The lowest BCUT2D eigenvalue weighted by Crippen LogP contribution is -2.09. The zero-order valence-electron chi connectivity index (χ0n) is 10.6. The molecule has 2 aromatic heterocycles. The lowest BCUT2D eigenvalue weighted by molar-refractivity contribution is 0.0939. The molecule has 4 nitrogen and oxygen atoms in total. The molecule has 0 atom stereocenters. The van der Waals surface area contributed by atoms with E-state index in [1.807, 2.05) is 36.6 Å². The highest BCUT2D eigenvalue weighted by atomic mass is 16.1. The van der Waals surface area contributed by atoms with Crippen LogP contribution in [0.4, 0.5) is 0 Å². The third-order valence-electron chi connectivity index (χ3n) is 2.75. The van der Waals surface area contributed by atoms with Gasteiger partial charge in [-0.25, -0.2) is 0 Å². The fourth-order valence-electron chi connectivity index (χ4n) is 1.78. The van der Waals surface area contributed by atoms with E-state index in [0.717, 1.165) is 11.5 Å². The summed E-state index contributed by atoms with van der Waals surface area (Å²) in [7, 11) is 0. The molecule has 0 aliphatic carbocycles. The predicted molar refractivity (Wildman–Crippen MR) is 66.2 cm³/mol. The van der Waals surface area contributed by atoms with E-state index in [1.54, 1.807) is 0 Å². The molecule has 0 N–H and O–H groups in total. The van der Waals surface area contributed by atoms with Crippen LogP contribution in [0.5, 0.6) is 0 Å². The van der Waals surface area contributed by atoms with Gasteiger partial charge in [-0.3, -0.25) is 9.20 Å². The van der Waals surface area contributed by atoms with Crippen LogP contribution in [-0.2, 0) is 0 Å². The Morgan fingerprint density at radius 2 is 1.88 bits per heavy atom. The van der Waals surface area contributed by atoms with Gasteiger partial charge in [-0.15, -0.1) is 10.2 Å². The summed E-state index contributed by atoms with van der Waals surface area (Å²) < 4.78 is 1.90. The molecule has 90 valence electrons. The molecule has 0 radical (unpaired) electrons. The van der Waals surface area contributed by atoms with Crippen molar-refractivity contribution in [3.63, 3.8) is 0 Å². The number of carbonyl (C=O) groups is 1. The SMILES string of the molecule is CC(C)C(=O)c1ccc2nnc(C(C)C)n2c1. The molecule has 0 unspecified atom stereocenters. The van der Waals surface area contributed by atoms with Crippen molar-refractivity contribution in [1.82, 2.24) is 14.6 Å². The molecule has 0 aliphatic rings. The number of pyridine rings is 1. The maximum absolute atomic E-state index is 11.9. The van der Waals surface area contributed by atoms with Crippen molar-refractivity contribution >= 4 is 11.4 Å². The summed E-state index contributed by atoms with van der Waals surface area (Å²) in [6.07, 6.45) is 1.84. The normalized spacial score (nSPS) is 11.6. The smallest absolute Gasteiger partial charge is 0.166 e. The molecule has 2 aromatic rings. The van der Waals surface area contributed by atoms with Gasteiger partial charge in [0.05, 0.1) is 0 Å². The van der Waals surface area contributed by atoms with Gasteiger partial charge >= 0.3 is 0 Å². The number of aromatic nitrogens is 3. The number of ketones is 1. The van der Waals surface area contributed by atoms with Gasteiger partial charge in [0.2, 0.25) is 0 Å². The summed E-state index contributed by atoms with van der Waals surface area (Å²) in [5, 5.41) is 8.23. The Morgan fingerprint density at radius 1 is 1.18 bits per heavy atom. The maximum atomic E-state index is 11.9. The molecule has 17 heavy (non-hydrogen) atoms. The molecule has 0 saturated heterocycles. The molecular weight excluding hydrogens is 214 g/mol. The minimum atomic E-state index is 0.00595. The Labute approximate surface area is 101 Å². The Kier molecular flexibility index (Phi) is 2.96. The van der Waals surface area contributed by atoms with Crippen molar-refractivity contribution in [2.75, 3.05) is 0 Å². The van der Waals surface area contributed by atoms with Gasteiger partial charge in [0.15, 0.2) is 11.4 Å². The number of rotatable bonds is 3. The number of carbonyl (C=O) groups excluding carboxylic acids is 1. The predicted octanol–water partition coefficient (Wildman–Crippen LogP) is 2.69. The van der Waals surface area contributed by atoms with Crippen molar-refractivity contribution in [3.8, 4) is 0 Å². The number of hydrogen-bond acceptors (Lipinski definition) is 3. The van der Waals surface area contributed by atoms with Gasteiger partial charge in [0, 0.05) is 23.6 Å². The molecule has 0 spiro atoms. The summed E-state index contributed by atoms with van der Waals surface area (Å²) in [5.74, 6) is 1.33. The number of fused-ring (bicyclic) bond motifs is 1. The molecule has 0 aromatic carbocycles. The second kappa shape index (κ2) is 4.28. The quantitative estimate of drug-likeness (QED) is 0.763. The Hall–Kier alpha value is -1.71. The Bertz CT molecular complexity index is 555. The number of nitrogens with zero attached hydrogens (tertiary/aromatic N) is 3. The van der Waals surface area contributed by atoms with Gasteiger partial charge in [-0.05, 0) is 12.1 Å². The topological polar surface area (TPSA) is 47.3 Å². The summed E-state index contributed by atoms with van der Waals surface area (Å²) in [6, 6.07) is 3.66. The zero-order chi connectivity index (χ0) is 12.6. The van der Waals surface area contributed by atoms with Crippen LogP contribution >= 0.6 is 0 Å². The summed E-state index contributed by atoms with van der Waals surface area (Å²) in [6.45, 7) is 7.94. The Balaban J connectivity index is 2.55. The van der Waals surface area contributed by atoms with E-state index in [4.69, 9.17) is 0 Å². The standard InChI is InChI=1S/C13H17N3O/c1-8(2)12(17)10-5-6-11-14-15-13(9(3)4)16(11)7-10/h5-9H,1-4H3. The third kappa shape index (κ3) is 2.07. The lowest BCUT2D eigenvalue weighted by Gasteiger charge is -2.06. The molecule has 2 heterocycles. The summed E-state index contributed by atoms with van der Waals surface area (Å²) in [5.41, 5.74) is 1.50. The first-order chi connectivity index (χ1) is 8.00. The van der Waals surface area contributed by atoms with Crippen LogP contribution < -0.4 is 0 Å². The third-order valence-corrected chi connectivity index (χ3v) is 2.75. The molecule has 0 fully saturated rings. The van der Waals surface area contributed by atoms with Crippen molar-refractivity contribution in [2.45, 2.75) is 33.6 Å². The van der Waals surface area contributed by atoms with Gasteiger partial charge < -0.3 is 0 Å². The summed E-state index contributed by atoms with van der Waals surface area (Å²) in [4.78, 5) is 11.9. The summed E-state index contributed by atoms with van der Waals surface area (Å²) >= 11 is 0. The van der Waals surface area contributed by atoms with Crippen LogP contribution in [0.25, 0.3) is 5.65 Å². The van der Waals surface area contributed by atoms with E-state index < -0.39 is 0 Å². The van der Waals surface area contributed by atoms with Crippen molar-refractivity contribution in [2.24, 2.45) is 5.92 Å². The van der Waals surface area contributed by atoms with Crippen molar-refractivity contribution in [1.29, 1.82) is 0 Å². The molecule has 2 rings (SSSR count). The highest BCUT2D eigenvalue weighted by Crippen LogP contribution is 2.16. The first kappa shape index (κ1) is 11.8. The van der Waals surface area contributed by atoms with Crippen LogP contribution in [0.3, 0.4) is 0 Å². The first-order valence-electron chi connectivity index (χ1n) is 5.89. The Morgan fingerprint density at radius 3 is 2.47 bits per heavy atom. The first-order valence-corrected chi connectivity index (χ1v) is 5.89. The molecule has 0 bridgehead atoms. The van der Waals surface area contributed by atoms with E-state index in [-0.39, 0.29) is 17.6 Å². The molecule has 0 saturated carbocycles. The van der Waals surface area contributed by atoms with Crippen LogP contribution in [0.2, 0.25) is 0 Å². The minimum Gasteiger partial charge on any atom is -0.294 e. The second-order valence-electron chi connectivity index (χ2n) is 4.88. The van der Waals surface area contributed by atoms with Crippen LogP contribution in [-0.4, -0.2) is 20.4 Å². The largest absolute Gasteiger partial charge is 0.294 e. The lowest BCUT2D eigenvalue weighted by atomic mass is 10.0.